The average Bonchev–Trinajstić information content (AvgIpc) is 2.67. The number of pyridine rings is 1. The molecule has 0 saturated carbocycles. The molecule has 0 radical (unpaired) electrons. The lowest BCUT2D eigenvalue weighted by Crippen LogP contribution is -2.29. The average molecular weight is 454 g/mol. The van der Waals surface area contributed by atoms with Crippen LogP contribution in [0.3, 0.4) is 0 Å². The summed E-state index contributed by atoms with van der Waals surface area (Å²) in [5, 5.41) is 1.03. The smallest absolute Gasteiger partial charge is 0.340 e. The van der Waals surface area contributed by atoms with Gasteiger partial charge in [0.2, 0.25) is 0 Å². The van der Waals surface area contributed by atoms with Gasteiger partial charge in [0, 0.05) is 16.5 Å². The number of halogens is 1. The highest BCUT2D eigenvalue weighted by Crippen LogP contribution is 2.31. The molecule has 0 bridgehead atoms. The molecule has 0 fully saturated rings. The van der Waals surface area contributed by atoms with Crippen LogP contribution in [0.15, 0.2) is 33.5 Å². The van der Waals surface area contributed by atoms with E-state index in [1.165, 1.54) is 6.07 Å². The minimum Gasteiger partial charge on any atom is -0.418 e. The lowest BCUT2D eigenvalue weighted by molar-refractivity contribution is 0.0793. The molecule has 2 heterocycles. The fourth-order valence-corrected chi connectivity index (χ4v) is 3.80. The maximum atomic E-state index is 13.3. The molecule has 3 aromatic rings. The Hall–Kier alpha value is -2.79. The second-order valence-corrected chi connectivity index (χ2v) is 10.6. The lowest BCUT2D eigenvalue weighted by atomic mass is 9.80. The van der Waals surface area contributed by atoms with E-state index in [0.29, 0.717) is 27.1 Å². The van der Waals surface area contributed by atoms with Crippen molar-refractivity contribution >= 4 is 34.1 Å². The third kappa shape index (κ3) is 4.26. The van der Waals surface area contributed by atoms with E-state index in [2.05, 4.69) is 4.98 Å². The van der Waals surface area contributed by atoms with Crippen LogP contribution in [0.5, 0.6) is 0 Å². The Morgan fingerprint density at radius 1 is 0.906 bits per heavy atom. The minimum atomic E-state index is -0.916. The van der Waals surface area contributed by atoms with Crippen molar-refractivity contribution in [2.45, 2.75) is 66.2 Å². The van der Waals surface area contributed by atoms with Crippen molar-refractivity contribution in [3.63, 3.8) is 0 Å². The molecule has 32 heavy (non-hydrogen) atoms. The SMILES string of the molecule is Cc1ccc2c(Cl)cc(C(=O)C(=O)c3oc(=O)c(C(C)(C)C)cc3C(C)(C)C)nc2c1C. The molecule has 5 nitrogen and oxygen atoms in total. The number of carbonyl (C=O) groups is 2. The summed E-state index contributed by atoms with van der Waals surface area (Å²) in [5.74, 6) is -2.04. The number of benzene rings is 1. The standard InChI is InChI=1S/C26H28ClNO4/c1-13-9-10-15-18(27)12-19(28-20(15)14(13)2)21(29)22(30)23-16(25(3,4)5)11-17(24(31)32-23)26(6,7)8/h9-12H,1-8H3. The normalized spacial score (nSPS) is 12.3. The Morgan fingerprint density at radius 2 is 1.50 bits per heavy atom. The van der Waals surface area contributed by atoms with Crippen molar-refractivity contribution in [3.05, 3.63) is 73.4 Å². The van der Waals surface area contributed by atoms with Crippen LogP contribution in [-0.2, 0) is 10.8 Å². The van der Waals surface area contributed by atoms with Gasteiger partial charge in [0.25, 0.3) is 11.6 Å². The predicted octanol–water partition coefficient (Wildman–Crippen LogP) is 6.12. The molecule has 0 aliphatic heterocycles. The topological polar surface area (TPSA) is 77.2 Å². The number of hydrogen-bond donors (Lipinski definition) is 0. The molecular weight excluding hydrogens is 426 g/mol. The zero-order valence-electron chi connectivity index (χ0n) is 19.8. The Kier molecular flexibility index (Phi) is 5.94. The van der Waals surface area contributed by atoms with Crippen molar-refractivity contribution < 1.29 is 14.0 Å². The maximum Gasteiger partial charge on any atom is 0.340 e. The number of Topliss-reactive ketones (excluding diaryl/α,β-unsaturated/α-hetero) is 2. The van der Waals surface area contributed by atoms with Crippen LogP contribution in [0.25, 0.3) is 10.9 Å². The molecule has 0 aliphatic rings. The highest BCUT2D eigenvalue weighted by molar-refractivity contribution is 6.49. The van der Waals surface area contributed by atoms with Crippen LogP contribution in [-0.4, -0.2) is 16.6 Å². The fourth-order valence-electron chi connectivity index (χ4n) is 3.54. The monoisotopic (exact) mass is 453 g/mol. The first-order valence-corrected chi connectivity index (χ1v) is 10.9. The van der Waals surface area contributed by atoms with E-state index >= 15 is 0 Å². The molecule has 2 aromatic heterocycles. The molecule has 1 aromatic carbocycles. The number of ketones is 2. The van der Waals surface area contributed by atoms with Gasteiger partial charge in [-0.1, -0.05) is 65.3 Å². The summed E-state index contributed by atoms with van der Waals surface area (Å²) in [6.45, 7) is 15.2. The van der Waals surface area contributed by atoms with Gasteiger partial charge >= 0.3 is 5.63 Å². The van der Waals surface area contributed by atoms with E-state index < -0.39 is 28.0 Å². The molecule has 0 saturated heterocycles. The summed E-state index contributed by atoms with van der Waals surface area (Å²) in [5.41, 5.74) is 1.66. The largest absolute Gasteiger partial charge is 0.418 e. The van der Waals surface area contributed by atoms with Gasteiger partial charge < -0.3 is 4.42 Å². The Balaban J connectivity index is 2.20. The minimum absolute atomic E-state index is 0.0800. The maximum absolute atomic E-state index is 13.3. The first-order valence-electron chi connectivity index (χ1n) is 10.5. The second-order valence-electron chi connectivity index (χ2n) is 10.2. The van der Waals surface area contributed by atoms with Gasteiger partial charge in [-0.3, -0.25) is 9.59 Å². The van der Waals surface area contributed by atoms with Crippen LogP contribution in [0, 0.1) is 13.8 Å². The van der Waals surface area contributed by atoms with Crippen LogP contribution >= 0.6 is 11.6 Å². The van der Waals surface area contributed by atoms with Crippen LogP contribution in [0.2, 0.25) is 5.02 Å². The van der Waals surface area contributed by atoms with E-state index in [0.717, 1.165) is 11.1 Å². The molecule has 0 unspecified atom stereocenters. The Morgan fingerprint density at radius 3 is 2.06 bits per heavy atom. The van der Waals surface area contributed by atoms with Gasteiger partial charge in [0.05, 0.1) is 10.5 Å². The molecule has 6 heteroatoms. The molecular formula is C26H28ClNO4. The van der Waals surface area contributed by atoms with Crippen LogP contribution in [0.1, 0.15) is 84.8 Å². The first kappa shape index (κ1) is 23.9. The van der Waals surface area contributed by atoms with Crippen molar-refractivity contribution in [1.82, 2.24) is 4.98 Å². The number of carbonyl (C=O) groups excluding carboxylic acids is 2. The van der Waals surface area contributed by atoms with E-state index in [1.54, 1.807) is 6.07 Å². The summed E-state index contributed by atoms with van der Waals surface area (Å²) < 4.78 is 5.47. The Labute approximate surface area is 192 Å². The fraction of sp³-hybridized carbons (Fsp3) is 0.385. The van der Waals surface area contributed by atoms with Gasteiger partial charge in [-0.05, 0) is 47.9 Å². The van der Waals surface area contributed by atoms with Crippen molar-refractivity contribution in [2.75, 3.05) is 0 Å². The summed E-state index contributed by atoms with van der Waals surface area (Å²) in [6.07, 6.45) is 0. The molecule has 0 spiro atoms. The van der Waals surface area contributed by atoms with Gasteiger partial charge in [-0.25, -0.2) is 9.78 Å². The third-order valence-corrected chi connectivity index (χ3v) is 5.98. The molecule has 0 aliphatic carbocycles. The first-order chi connectivity index (χ1) is 14.6. The van der Waals surface area contributed by atoms with E-state index in [4.69, 9.17) is 16.0 Å². The Bertz CT molecular complexity index is 1320. The summed E-state index contributed by atoms with van der Waals surface area (Å²) in [4.78, 5) is 43.5. The number of aromatic nitrogens is 1. The summed E-state index contributed by atoms with van der Waals surface area (Å²) in [6, 6.07) is 6.84. The quantitative estimate of drug-likeness (QED) is 0.352. The van der Waals surface area contributed by atoms with Crippen LogP contribution in [0.4, 0.5) is 0 Å². The highest BCUT2D eigenvalue weighted by Gasteiger charge is 2.33. The number of rotatable bonds is 3. The van der Waals surface area contributed by atoms with Crippen molar-refractivity contribution in [2.24, 2.45) is 0 Å². The molecule has 3 rings (SSSR count). The number of hydrogen-bond acceptors (Lipinski definition) is 5. The van der Waals surface area contributed by atoms with Crippen molar-refractivity contribution in [1.29, 1.82) is 0 Å². The van der Waals surface area contributed by atoms with E-state index in [1.807, 2.05) is 67.5 Å². The lowest BCUT2D eigenvalue weighted by Gasteiger charge is -2.24. The third-order valence-electron chi connectivity index (χ3n) is 5.66. The predicted molar refractivity (Wildman–Crippen MR) is 127 cm³/mol. The van der Waals surface area contributed by atoms with Gasteiger partial charge in [-0.2, -0.15) is 0 Å². The molecule has 0 amide bonds. The number of aryl methyl sites for hydroxylation is 2. The van der Waals surface area contributed by atoms with Crippen molar-refractivity contribution in [3.8, 4) is 0 Å². The number of fused-ring (bicyclic) bond motifs is 1. The summed E-state index contributed by atoms with van der Waals surface area (Å²) >= 11 is 6.40. The second kappa shape index (κ2) is 7.96. The molecule has 168 valence electrons. The zero-order valence-corrected chi connectivity index (χ0v) is 20.5. The highest BCUT2D eigenvalue weighted by atomic mass is 35.5. The van der Waals surface area contributed by atoms with Gasteiger partial charge in [0.15, 0.2) is 5.76 Å². The van der Waals surface area contributed by atoms with E-state index in [-0.39, 0.29) is 11.5 Å². The molecule has 0 N–H and O–H groups in total. The van der Waals surface area contributed by atoms with Crippen LogP contribution < -0.4 is 5.63 Å². The summed E-state index contributed by atoms with van der Waals surface area (Å²) in [7, 11) is 0. The van der Waals surface area contributed by atoms with Gasteiger partial charge in [-0.15, -0.1) is 0 Å². The van der Waals surface area contributed by atoms with Gasteiger partial charge in [0.1, 0.15) is 5.69 Å². The van der Waals surface area contributed by atoms with E-state index in [9.17, 15) is 14.4 Å². The number of nitrogens with zero attached hydrogens (tertiary/aromatic N) is 1. The zero-order chi connectivity index (χ0) is 24.2. The molecule has 0 atom stereocenters.